The summed E-state index contributed by atoms with van der Waals surface area (Å²) < 4.78 is 5.59. The van der Waals surface area contributed by atoms with Gasteiger partial charge >= 0.3 is 5.97 Å². The highest BCUT2D eigenvalue weighted by Crippen LogP contribution is 2.41. The summed E-state index contributed by atoms with van der Waals surface area (Å²) in [6.45, 7) is 14.1. The van der Waals surface area contributed by atoms with Crippen LogP contribution in [0.3, 0.4) is 0 Å². The maximum absolute atomic E-state index is 12.3. The lowest BCUT2D eigenvalue weighted by Gasteiger charge is -2.44. The highest BCUT2D eigenvalue weighted by atomic mass is 35.5. The molecule has 222 valence electrons. The first kappa shape index (κ1) is 31.2. The summed E-state index contributed by atoms with van der Waals surface area (Å²) in [6, 6.07) is 14.2. The molecule has 1 aromatic heterocycles. The van der Waals surface area contributed by atoms with Gasteiger partial charge in [0.05, 0.1) is 5.41 Å². The maximum atomic E-state index is 12.3. The second-order valence-electron chi connectivity index (χ2n) is 13.4. The topological polar surface area (TPSA) is 105 Å². The third-order valence-electron chi connectivity index (χ3n) is 8.08. The molecular weight excluding hydrogens is 536 g/mol. The molecule has 8 heteroatoms. The Kier molecular flexibility index (Phi) is 9.62. The van der Waals surface area contributed by atoms with E-state index in [-0.39, 0.29) is 11.6 Å². The number of halogens is 1. The fraction of sp³-hybridized carbons (Fsp3) is 0.545. The molecule has 0 spiro atoms. The number of aromatic nitrogens is 2. The third-order valence-corrected chi connectivity index (χ3v) is 8.43. The Balaban J connectivity index is 1.52. The van der Waals surface area contributed by atoms with Crippen molar-refractivity contribution in [3.8, 4) is 22.8 Å². The highest BCUT2D eigenvalue weighted by Gasteiger charge is 2.43. The van der Waals surface area contributed by atoms with E-state index < -0.39 is 11.4 Å². The molecule has 1 saturated heterocycles. The van der Waals surface area contributed by atoms with Crippen LogP contribution in [0.1, 0.15) is 84.4 Å². The Morgan fingerprint density at radius 1 is 1.07 bits per heavy atom. The number of nitrogens with zero attached hydrogens (tertiary/aromatic N) is 3. The van der Waals surface area contributed by atoms with Gasteiger partial charge in [-0.25, -0.2) is 0 Å². The standard InChI is InChI=1S/C33H45ClN4O3/c1-21(2)17-25-11-12-26(18-27(25)34)30-36-29(37-41-30)24-9-7-23(8-10-24)28(20-32(5,6)35)38-15-13-33(14-16-38,31(39)40)19-22(3)4/h7-12,18,21-22,28H,13-17,19-20,35H2,1-6H3,(H,39,40). The molecular formula is C33H45ClN4O3. The van der Waals surface area contributed by atoms with Crippen LogP contribution in [0.2, 0.25) is 5.02 Å². The lowest BCUT2D eigenvalue weighted by Crippen LogP contribution is -2.48. The van der Waals surface area contributed by atoms with E-state index in [0.29, 0.717) is 47.8 Å². The van der Waals surface area contributed by atoms with E-state index in [4.69, 9.17) is 21.9 Å². The van der Waals surface area contributed by atoms with Gasteiger partial charge in [0.1, 0.15) is 0 Å². The van der Waals surface area contributed by atoms with Gasteiger partial charge in [0.2, 0.25) is 5.82 Å². The summed E-state index contributed by atoms with van der Waals surface area (Å²) >= 11 is 6.53. The number of carbonyl (C=O) groups is 1. The smallest absolute Gasteiger partial charge is 0.309 e. The largest absolute Gasteiger partial charge is 0.481 e. The van der Waals surface area contributed by atoms with Gasteiger partial charge in [-0.2, -0.15) is 4.98 Å². The van der Waals surface area contributed by atoms with Crippen molar-refractivity contribution in [2.75, 3.05) is 13.1 Å². The molecule has 41 heavy (non-hydrogen) atoms. The lowest BCUT2D eigenvalue weighted by atomic mass is 9.72. The second kappa shape index (κ2) is 12.6. The van der Waals surface area contributed by atoms with Crippen LogP contribution in [-0.2, 0) is 11.2 Å². The molecule has 1 atom stereocenters. The summed E-state index contributed by atoms with van der Waals surface area (Å²) in [5.74, 6) is 1.14. The summed E-state index contributed by atoms with van der Waals surface area (Å²) in [6.07, 6.45) is 3.68. The molecule has 1 unspecified atom stereocenters. The van der Waals surface area contributed by atoms with Gasteiger partial charge in [0, 0.05) is 27.7 Å². The zero-order chi connectivity index (χ0) is 29.9. The van der Waals surface area contributed by atoms with E-state index in [0.717, 1.165) is 48.2 Å². The van der Waals surface area contributed by atoms with E-state index in [9.17, 15) is 9.90 Å². The molecule has 1 fully saturated rings. The second-order valence-corrected chi connectivity index (χ2v) is 13.8. The molecule has 0 bridgehead atoms. The molecule has 0 amide bonds. The summed E-state index contributed by atoms with van der Waals surface area (Å²) in [4.78, 5) is 19.3. The number of benzene rings is 2. The number of aliphatic carboxylic acids is 1. The molecule has 4 rings (SSSR count). The van der Waals surface area contributed by atoms with Crippen LogP contribution in [0.25, 0.3) is 22.8 Å². The first-order valence-electron chi connectivity index (χ1n) is 14.8. The van der Waals surface area contributed by atoms with Crippen molar-refractivity contribution >= 4 is 17.6 Å². The van der Waals surface area contributed by atoms with Crippen LogP contribution in [0.5, 0.6) is 0 Å². The SMILES string of the molecule is CC(C)Cc1ccc(-c2nc(-c3ccc(C(CC(C)(C)N)N4CCC(CC(C)C)(C(=O)O)CC4)cc3)no2)cc1Cl. The Morgan fingerprint density at radius 3 is 2.24 bits per heavy atom. The van der Waals surface area contributed by atoms with Crippen LogP contribution in [0.15, 0.2) is 47.0 Å². The van der Waals surface area contributed by atoms with E-state index >= 15 is 0 Å². The third kappa shape index (κ3) is 7.76. The van der Waals surface area contributed by atoms with Crippen LogP contribution in [0.4, 0.5) is 0 Å². The Labute approximate surface area is 249 Å². The lowest BCUT2D eigenvalue weighted by molar-refractivity contribution is -0.154. The van der Waals surface area contributed by atoms with E-state index in [1.807, 2.05) is 44.2 Å². The first-order chi connectivity index (χ1) is 19.3. The van der Waals surface area contributed by atoms with Gasteiger partial charge in [-0.3, -0.25) is 9.69 Å². The number of carboxylic acids is 1. The molecule has 1 aliphatic heterocycles. The molecule has 2 aromatic carbocycles. The van der Waals surface area contributed by atoms with Gasteiger partial charge in [0.15, 0.2) is 0 Å². The average Bonchev–Trinajstić information content (AvgIpc) is 3.38. The fourth-order valence-electron chi connectivity index (χ4n) is 6.10. The van der Waals surface area contributed by atoms with Crippen molar-refractivity contribution in [2.24, 2.45) is 23.0 Å². The van der Waals surface area contributed by atoms with Crippen molar-refractivity contribution in [3.05, 3.63) is 58.6 Å². The Bertz CT molecular complexity index is 1320. The van der Waals surface area contributed by atoms with Crippen LogP contribution >= 0.6 is 11.6 Å². The van der Waals surface area contributed by atoms with Gasteiger partial charge in [0.25, 0.3) is 5.89 Å². The quantitative estimate of drug-likeness (QED) is 0.240. The van der Waals surface area contributed by atoms with Crippen LogP contribution < -0.4 is 5.73 Å². The van der Waals surface area contributed by atoms with E-state index in [1.54, 1.807) is 0 Å². The number of likely N-dealkylation sites (tertiary alicyclic amines) is 1. The molecule has 3 N–H and O–H groups in total. The summed E-state index contributed by atoms with van der Waals surface area (Å²) in [5.41, 5.74) is 9.39. The monoisotopic (exact) mass is 580 g/mol. The molecule has 0 saturated carbocycles. The summed E-state index contributed by atoms with van der Waals surface area (Å²) in [5, 5.41) is 15.0. The van der Waals surface area contributed by atoms with E-state index in [1.165, 1.54) is 0 Å². The Hall–Kier alpha value is -2.74. The number of nitrogens with two attached hydrogens (primary N) is 1. The molecule has 2 heterocycles. The minimum atomic E-state index is -0.667. The number of hydrogen-bond acceptors (Lipinski definition) is 6. The van der Waals surface area contributed by atoms with Crippen LogP contribution in [-0.4, -0.2) is 44.7 Å². The minimum absolute atomic E-state index is 0.0854. The maximum Gasteiger partial charge on any atom is 0.309 e. The first-order valence-corrected chi connectivity index (χ1v) is 15.1. The van der Waals surface area contributed by atoms with Crippen molar-refractivity contribution in [1.29, 1.82) is 0 Å². The van der Waals surface area contributed by atoms with Gasteiger partial charge < -0.3 is 15.4 Å². The normalized spacial score (nSPS) is 16.8. The molecule has 0 aliphatic carbocycles. The zero-order valence-corrected chi connectivity index (χ0v) is 26.0. The van der Waals surface area contributed by atoms with E-state index in [2.05, 4.69) is 54.9 Å². The number of hydrogen-bond donors (Lipinski definition) is 2. The number of rotatable bonds is 11. The van der Waals surface area contributed by atoms with Crippen LogP contribution in [0, 0.1) is 17.3 Å². The average molecular weight is 581 g/mol. The molecule has 3 aromatic rings. The Morgan fingerprint density at radius 2 is 1.71 bits per heavy atom. The van der Waals surface area contributed by atoms with Crippen molar-refractivity contribution < 1.29 is 14.4 Å². The molecule has 0 radical (unpaired) electrons. The fourth-order valence-corrected chi connectivity index (χ4v) is 6.36. The van der Waals surface area contributed by atoms with Crippen molar-refractivity contribution in [2.45, 2.75) is 85.2 Å². The summed E-state index contributed by atoms with van der Waals surface area (Å²) in [7, 11) is 0. The zero-order valence-electron chi connectivity index (χ0n) is 25.3. The number of carboxylic acid groups (broad SMARTS) is 1. The number of piperidine rings is 1. The minimum Gasteiger partial charge on any atom is -0.481 e. The van der Waals surface area contributed by atoms with Gasteiger partial charge in [-0.15, -0.1) is 0 Å². The highest BCUT2D eigenvalue weighted by molar-refractivity contribution is 6.31. The molecule has 1 aliphatic rings. The van der Waals surface area contributed by atoms with Gasteiger partial charge in [-0.05, 0) is 94.1 Å². The van der Waals surface area contributed by atoms with Crippen molar-refractivity contribution in [1.82, 2.24) is 15.0 Å². The van der Waals surface area contributed by atoms with Gasteiger partial charge in [-0.1, -0.05) is 74.8 Å². The predicted molar refractivity (Wildman–Crippen MR) is 165 cm³/mol. The van der Waals surface area contributed by atoms with Crippen molar-refractivity contribution in [3.63, 3.8) is 0 Å². The molecule has 7 nitrogen and oxygen atoms in total. The predicted octanol–water partition coefficient (Wildman–Crippen LogP) is 7.64.